The van der Waals surface area contributed by atoms with Gasteiger partial charge in [-0.2, -0.15) is 9.97 Å². The molecule has 1 aromatic rings. The summed E-state index contributed by atoms with van der Waals surface area (Å²) in [5.74, 6) is 2.70. The van der Waals surface area contributed by atoms with E-state index >= 15 is 0 Å². The topological polar surface area (TPSA) is 56.3 Å². The van der Waals surface area contributed by atoms with E-state index in [0.29, 0.717) is 23.1 Å². The highest BCUT2D eigenvalue weighted by Gasteiger charge is 2.23. The summed E-state index contributed by atoms with van der Waals surface area (Å²) in [6, 6.07) is 3.18. The summed E-state index contributed by atoms with van der Waals surface area (Å²) in [7, 11) is 0. The van der Waals surface area contributed by atoms with Gasteiger partial charge in [-0.05, 0) is 64.1 Å². The van der Waals surface area contributed by atoms with E-state index in [1.54, 1.807) is 0 Å². The van der Waals surface area contributed by atoms with E-state index < -0.39 is 0 Å². The van der Waals surface area contributed by atoms with Crippen LogP contribution in [0.15, 0.2) is 6.07 Å². The third-order valence-corrected chi connectivity index (χ3v) is 6.86. The van der Waals surface area contributed by atoms with Gasteiger partial charge in [0.2, 0.25) is 5.95 Å². The number of aromatic nitrogens is 2. The Hall–Kier alpha value is -1.63. The SMILES string of the molecule is C[C@H]1CCCCN1c1cc(N2CCCC2)nc(NC(=S)NC2CCCCCC2)n1. The van der Waals surface area contributed by atoms with Gasteiger partial charge in [0.05, 0.1) is 0 Å². The van der Waals surface area contributed by atoms with Crippen LogP contribution in [0.1, 0.15) is 77.6 Å². The monoisotopic (exact) mass is 416 g/mol. The standard InChI is InChI=1S/C22H36N6S/c1-17-10-6-7-15-28(17)20-16-19(27-13-8-9-14-27)24-21(25-20)26-22(29)23-18-11-4-2-3-5-12-18/h16-18H,2-15H2,1H3,(H2,23,24,25,26,29)/t17-/m0/s1. The molecule has 0 spiro atoms. The average Bonchev–Trinajstić information content (AvgIpc) is 3.14. The number of nitrogens with zero attached hydrogens (tertiary/aromatic N) is 4. The van der Waals surface area contributed by atoms with Crippen molar-refractivity contribution in [3.05, 3.63) is 6.07 Å². The molecule has 3 aliphatic rings. The van der Waals surface area contributed by atoms with E-state index in [-0.39, 0.29) is 0 Å². The van der Waals surface area contributed by atoms with Crippen molar-refractivity contribution in [3.63, 3.8) is 0 Å². The van der Waals surface area contributed by atoms with Crippen LogP contribution < -0.4 is 20.4 Å². The third kappa shape index (κ3) is 5.50. The van der Waals surface area contributed by atoms with Gasteiger partial charge in [-0.1, -0.05) is 25.7 Å². The second kappa shape index (κ2) is 9.92. The Morgan fingerprint density at radius 3 is 2.28 bits per heavy atom. The first kappa shape index (κ1) is 20.6. The van der Waals surface area contributed by atoms with E-state index in [4.69, 9.17) is 22.2 Å². The van der Waals surface area contributed by atoms with Crippen LogP contribution in [0.4, 0.5) is 17.6 Å². The van der Waals surface area contributed by atoms with E-state index in [2.05, 4.69) is 33.4 Å². The van der Waals surface area contributed by atoms with E-state index in [1.807, 2.05) is 0 Å². The number of nitrogens with one attached hydrogen (secondary N) is 2. The molecular weight excluding hydrogens is 380 g/mol. The highest BCUT2D eigenvalue weighted by Crippen LogP contribution is 2.28. The molecule has 2 N–H and O–H groups in total. The van der Waals surface area contributed by atoms with Crippen LogP contribution in [-0.4, -0.2) is 46.8 Å². The first-order valence-electron chi connectivity index (χ1n) is 11.7. The Bertz CT molecular complexity index is 682. The van der Waals surface area contributed by atoms with Crippen molar-refractivity contribution >= 4 is 34.9 Å². The zero-order valence-corrected chi connectivity index (χ0v) is 18.6. The van der Waals surface area contributed by atoms with Gasteiger partial charge in [0, 0.05) is 37.8 Å². The van der Waals surface area contributed by atoms with Gasteiger partial charge in [-0.3, -0.25) is 0 Å². The molecule has 29 heavy (non-hydrogen) atoms. The molecule has 0 radical (unpaired) electrons. The van der Waals surface area contributed by atoms with Gasteiger partial charge in [0.25, 0.3) is 0 Å². The lowest BCUT2D eigenvalue weighted by atomic mass is 10.0. The molecule has 3 fully saturated rings. The zero-order chi connectivity index (χ0) is 20.1. The van der Waals surface area contributed by atoms with Crippen molar-refractivity contribution in [3.8, 4) is 0 Å². The number of hydrogen-bond acceptors (Lipinski definition) is 5. The maximum absolute atomic E-state index is 5.63. The molecule has 0 unspecified atom stereocenters. The quantitative estimate of drug-likeness (QED) is 0.555. The fourth-order valence-corrected chi connectivity index (χ4v) is 5.18. The van der Waals surface area contributed by atoms with Crippen LogP contribution in [0.5, 0.6) is 0 Å². The number of anilines is 3. The first-order chi connectivity index (χ1) is 14.2. The van der Waals surface area contributed by atoms with Crippen molar-refractivity contribution < 1.29 is 0 Å². The normalized spacial score (nSPS) is 23.7. The van der Waals surface area contributed by atoms with Crippen LogP contribution in [0.2, 0.25) is 0 Å². The summed E-state index contributed by atoms with van der Waals surface area (Å²) >= 11 is 5.63. The highest BCUT2D eigenvalue weighted by atomic mass is 32.1. The smallest absolute Gasteiger partial charge is 0.232 e. The molecule has 2 saturated heterocycles. The average molecular weight is 417 g/mol. The molecule has 2 aliphatic heterocycles. The van der Waals surface area contributed by atoms with Crippen LogP contribution >= 0.6 is 12.2 Å². The van der Waals surface area contributed by atoms with Crippen molar-refractivity contribution in [1.82, 2.24) is 15.3 Å². The van der Waals surface area contributed by atoms with Crippen molar-refractivity contribution in [2.75, 3.05) is 34.8 Å². The second-order valence-electron chi connectivity index (χ2n) is 8.93. The van der Waals surface area contributed by atoms with E-state index in [1.165, 1.54) is 70.6 Å². The van der Waals surface area contributed by atoms with Gasteiger partial charge >= 0.3 is 0 Å². The Kier molecular flexibility index (Phi) is 7.06. The van der Waals surface area contributed by atoms with Gasteiger partial charge in [0.15, 0.2) is 5.11 Å². The lowest BCUT2D eigenvalue weighted by Gasteiger charge is -2.35. The number of piperidine rings is 1. The second-order valence-corrected chi connectivity index (χ2v) is 9.34. The molecule has 1 aliphatic carbocycles. The Morgan fingerprint density at radius 2 is 1.55 bits per heavy atom. The first-order valence-corrected chi connectivity index (χ1v) is 12.1. The lowest BCUT2D eigenvalue weighted by molar-refractivity contribution is 0.481. The Labute approximate surface area is 180 Å². The summed E-state index contributed by atoms with van der Waals surface area (Å²) < 4.78 is 0. The van der Waals surface area contributed by atoms with Crippen LogP contribution in [-0.2, 0) is 0 Å². The molecule has 6 nitrogen and oxygen atoms in total. The molecule has 7 heteroatoms. The minimum absolute atomic E-state index is 0.473. The number of hydrogen-bond donors (Lipinski definition) is 2. The molecule has 4 rings (SSSR count). The fourth-order valence-electron chi connectivity index (χ4n) is 4.92. The molecule has 1 saturated carbocycles. The third-order valence-electron chi connectivity index (χ3n) is 6.64. The minimum atomic E-state index is 0.473. The lowest BCUT2D eigenvalue weighted by Crippen LogP contribution is -2.39. The molecule has 0 amide bonds. The molecule has 160 valence electrons. The summed E-state index contributed by atoms with van der Waals surface area (Å²) in [6.07, 6.45) is 13.9. The van der Waals surface area contributed by atoms with Gasteiger partial charge in [-0.25, -0.2) is 0 Å². The number of rotatable bonds is 4. The molecule has 3 heterocycles. The zero-order valence-electron chi connectivity index (χ0n) is 17.8. The minimum Gasteiger partial charge on any atom is -0.360 e. The maximum atomic E-state index is 5.63. The summed E-state index contributed by atoms with van der Waals surface area (Å²) in [5, 5.41) is 7.49. The van der Waals surface area contributed by atoms with Crippen molar-refractivity contribution in [2.24, 2.45) is 0 Å². The van der Waals surface area contributed by atoms with Gasteiger partial charge in [-0.15, -0.1) is 0 Å². The van der Waals surface area contributed by atoms with E-state index in [0.717, 1.165) is 31.3 Å². The van der Waals surface area contributed by atoms with Crippen LogP contribution in [0.25, 0.3) is 0 Å². The maximum Gasteiger partial charge on any atom is 0.232 e. The predicted octanol–water partition coefficient (Wildman–Crippen LogP) is 4.46. The highest BCUT2D eigenvalue weighted by molar-refractivity contribution is 7.80. The number of thiocarbonyl (C=S) groups is 1. The Morgan fingerprint density at radius 1 is 0.897 bits per heavy atom. The molecular formula is C22H36N6S. The van der Waals surface area contributed by atoms with Crippen LogP contribution in [0, 0.1) is 0 Å². The van der Waals surface area contributed by atoms with Gasteiger partial charge < -0.3 is 20.4 Å². The molecule has 1 aromatic heterocycles. The molecule has 0 aromatic carbocycles. The van der Waals surface area contributed by atoms with Gasteiger partial charge in [0.1, 0.15) is 11.6 Å². The fraction of sp³-hybridized carbons (Fsp3) is 0.773. The largest absolute Gasteiger partial charge is 0.360 e. The summed E-state index contributed by atoms with van der Waals surface area (Å²) in [6.45, 7) is 5.54. The molecule has 0 bridgehead atoms. The van der Waals surface area contributed by atoms with Crippen LogP contribution in [0.3, 0.4) is 0 Å². The van der Waals surface area contributed by atoms with E-state index in [9.17, 15) is 0 Å². The van der Waals surface area contributed by atoms with Crippen molar-refractivity contribution in [2.45, 2.75) is 89.6 Å². The summed E-state index contributed by atoms with van der Waals surface area (Å²) in [4.78, 5) is 14.5. The van der Waals surface area contributed by atoms with Crippen molar-refractivity contribution in [1.29, 1.82) is 0 Å². The predicted molar refractivity (Wildman–Crippen MR) is 125 cm³/mol. The summed E-state index contributed by atoms with van der Waals surface area (Å²) in [5.41, 5.74) is 0. The Balaban J connectivity index is 1.50. The molecule has 1 atom stereocenters.